The zero-order valence-corrected chi connectivity index (χ0v) is 15.6. The average molecular weight is 373 g/mol. The van der Waals surface area contributed by atoms with Gasteiger partial charge in [0.2, 0.25) is 15.9 Å². The molecular formula is C19H23N3O3S. The largest absolute Gasteiger partial charge is 0.324 e. The lowest BCUT2D eigenvalue weighted by Crippen LogP contribution is -2.41. The molecule has 0 radical (unpaired) electrons. The fraction of sp³-hybridized carbons (Fsp3) is 0.368. The fourth-order valence-corrected chi connectivity index (χ4v) is 4.63. The second kappa shape index (κ2) is 7.97. The van der Waals surface area contributed by atoms with E-state index in [0.29, 0.717) is 31.6 Å². The topological polar surface area (TPSA) is 79.4 Å². The van der Waals surface area contributed by atoms with Gasteiger partial charge in [0.05, 0.1) is 17.6 Å². The van der Waals surface area contributed by atoms with Gasteiger partial charge in [-0.05, 0) is 37.5 Å². The van der Waals surface area contributed by atoms with E-state index in [-0.39, 0.29) is 17.6 Å². The summed E-state index contributed by atoms with van der Waals surface area (Å²) in [6.07, 6.45) is 4.30. The van der Waals surface area contributed by atoms with Crippen LogP contribution in [0.5, 0.6) is 0 Å². The van der Waals surface area contributed by atoms with E-state index < -0.39 is 10.0 Å². The molecule has 0 unspecified atom stereocenters. The highest BCUT2D eigenvalue weighted by atomic mass is 32.2. The third kappa shape index (κ3) is 4.68. The number of benzene rings is 1. The van der Waals surface area contributed by atoms with Gasteiger partial charge in [0.15, 0.2) is 0 Å². The van der Waals surface area contributed by atoms with Crippen LogP contribution >= 0.6 is 0 Å². The molecule has 0 saturated carbocycles. The number of piperidine rings is 1. The van der Waals surface area contributed by atoms with Gasteiger partial charge in [0.25, 0.3) is 0 Å². The van der Waals surface area contributed by atoms with Crippen LogP contribution in [-0.4, -0.2) is 36.7 Å². The average Bonchev–Trinajstić information content (AvgIpc) is 2.64. The third-order valence-electron chi connectivity index (χ3n) is 4.62. The van der Waals surface area contributed by atoms with Crippen LogP contribution in [0.3, 0.4) is 0 Å². The van der Waals surface area contributed by atoms with E-state index in [1.54, 1.807) is 24.5 Å². The number of hydrogen-bond donors (Lipinski definition) is 1. The summed E-state index contributed by atoms with van der Waals surface area (Å²) in [7, 11) is -3.37. The Labute approximate surface area is 154 Å². The van der Waals surface area contributed by atoms with Crippen molar-refractivity contribution in [1.29, 1.82) is 0 Å². The molecule has 7 heteroatoms. The van der Waals surface area contributed by atoms with E-state index in [2.05, 4.69) is 10.3 Å². The second-order valence-electron chi connectivity index (χ2n) is 6.65. The van der Waals surface area contributed by atoms with E-state index in [4.69, 9.17) is 0 Å². The highest BCUT2D eigenvalue weighted by Gasteiger charge is 2.31. The van der Waals surface area contributed by atoms with E-state index in [1.807, 2.05) is 31.2 Å². The van der Waals surface area contributed by atoms with E-state index in [9.17, 15) is 13.2 Å². The summed E-state index contributed by atoms with van der Waals surface area (Å²) in [5.74, 6) is -0.255. The Morgan fingerprint density at radius 1 is 1.19 bits per heavy atom. The highest BCUT2D eigenvalue weighted by Crippen LogP contribution is 2.23. The van der Waals surface area contributed by atoms with Crippen LogP contribution < -0.4 is 5.32 Å². The first-order valence-electron chi connectivity index (χ1n) is 8.68. The second-order valence-corrected chi connectivity index (χ2v) is 8.61. The number of aromatic nitrogens is 1. The van der Waals surface area contributed by atoms with Gasteiger partial charge >= 0.3 is 0 Å². The van der Waals surface area contributed by atoms with Crippen molar-refractivity contribution >= 4 is 21.6 Å². The molecule has 2 heterocycles. The van der Waals surface area contributed by atoms with E-state index >= 15 is 0 Å². The first-order valence-corrected chi connectivity index (χ1v) is 10.3. The smallest absolute Gasteiger partial charge is 0.227 e. The predicted octanol–water partition coefficient (Wildman–Crippen LogP) is 2.57. The maximum atomic E-state index is 12.6. The standard InChI is InChI=1S/C19H23N3O3S/c1-15-4-6-16(7-5-15)14-26(24,25)22-11-8-17(9-12-22)19(23)21-18-3-2-10-20-13-18/h2-7,10,13,17H,8-9,11-12,14H2,1H3,(H,21,23). The number of anilines is 1. The van der Waals surface area contributed by atoms with E-state index in [0.717, 1.165) is 11.1 Å². The third-order valence-corrected chi connectivity index (χ3v) is 6.47. The summed E-state index contributed by atoms with van der Waals surface area (Å²) in [6.45, 7) is 2.72. The van der Waals surface area contributed by atoms with Crippen molar-refractivity contribution < 1.29 is 13.2 Å². The maximum Gasteiger partial charge on any atom is 0.227 e. The van der Waals surface area contributed by atoms with Crippen molar-refractivity contribution in [2.75, 3.05) is 18.4 Å². The zero-order chi connectivity index (χ0) is 18.6. The SMILES string of the molecule is Cc1ccc(CS(=O)(=O)N2CCC(C(=O)Nc3cccnc3)CC2)cc1. The van der Waals surface area contributed by atoms with Crippen molar-refractivity contribution in [3.8, 4) is 0 Å². The number of nitrogens with zero attached hydrogens (tertiary/aromatic N) is 2. The molecule has 0 atom stereocenters. The Balaban J connectivity index is 1.55. The molecule has 138 valence electrons. The number of carbonyl (C=O) groups excluding carboxylic acids is 1. The van der Waals surface area contributed by atoms with Crippen LogP contribution in [0.1, 0.15) is 24.0 Å². The quantitative estimate of drug-likeness (QED) is 0.874. The molecule has 2 aromatic rings. The lowest BCUT2D eigenvalue weighted by atomic mass is 9.97. The molecule has 1 N–H and O–H groups in total. The Hall–Kier alpha value is -2.25. The first-order chi connectivity index (χ1) is 12.4. The molecule has 1 aliphatic heterocycles. The van der Waals surface area contributed by atoms with Gasteiger partial charge in [-0.25, -0.2) is 12.7 Å². The molecular weight excluding hydrogens is 350 g/mol. The van der Waals surface area contributed by atoms with E-state index in [1.165, 1.54) is 4.31 Å². The molecule has 1 aromatic heterocycles. The molecule has 0 spiro atoms. The van der Waals surface area contributed by atoms with Gasteiger partial charge in [0.1, 0.15) is 0 Å². The van der Waals surface area contributed by atoms with Crippen LogP contribution in [-0.2, 0) is 20.6 Å². The van der Waals surface area contributed by atoms with Crippen molar-refractivity contribution in [3.63, 3.8) is 0 Å². The molecule has 26 heavy (non-hydrogen) atoms. The van der Waals surface area contributed by atoms with Gasteiger partial charge in [-0.3, -0.25) is 9.78 Å². The Kier molecular flexibility index (Phi) is 5.68. The maximum absolute atomic E-state index is 12.6. The number of carbonyl (C=O) groups is 1. The fourth-order valence-electron chi connectivity index (χ4n) is 3.06. The molecule has 1 aliphatic rings. The summed E-state index contributed by atoms with van der Waals surface area (Å²) in [5, 5.41) is 2.84. The number of sulfonamides is 1. The van der Waals surface area contributed by atoms with Gasteiger partial charge in [0, 0.05) is 25.2 Å². The van der Waals surface area contributed by atoms with Crippen molar-refractivity contribution in [2.24, 2.45) is 5.92 Å². The molecule has 3 rings (SSSR count). The molecule has 1 fully saturated rings. The Morgan fingerprint density at radius 3 is 2.50 bits per heavy atom. The molecule has 1 saturated heterocycles. The summed E-state index contributed by atoms with van der Waals surface area (Å²) in [4.78, 5) is 16.3. The van der Waals surface area contributed by atoms with Crippen LogP contribution in [0.15, 0.2) is 48.8 Å². The number of amides is 1. The molecule has 0 aliphatic carbocycles. The molecule has 1 amide bonds. The summed E-state index contributed by atoms with van der Waals surface area (Å²) < 4.78 is 26.7. The number of aryl methyl sites for hydroxylation is 1. The zero-order valence-electron chi connectivity index (χ0n) is 14.8. The number of pyridine rings is 1. The minimum atomic E-state index is -3.37. The number of nitrogens with one attached hydrogen (secondary N) is 1. The van der Waals surface area contributed by atoms with Crippen LogP contribution in [0.4, 0.5) is 5.69 Å². The van der Waals surface area contributed by atoms with Crippen LogP contribution in [0, 0.1) is 12.8 Å². The Bertz CT molecular complexity index is 843. The molecule has 0 bridgehead atoms. The first kappa shape index (κ1) is 18.5. The highest BCUT2D eigenvalue weighted by molar-refractivity contribution is 7.88. The molecule has 6 nitrogen and oxygen atoms in total. The summed E-state index contributed by atoms with van der Waals surface area (Å²) in [6, 6.07) is 11.1. The lowest BCUT2D eigenvalue weighted by molar-refractivity contribution is -0.120. The predicted molar refractivity (Wildman–Crippen MR) is 101 cm³/mol. The van der Waals surface area contributed by atoms with Gasteiger partial charge in [-0.15, -0.1) is 0 Å². The summed E-state index contributed by atoms with van der Waals surface area (Å²) >= 11 is 0. The van der Waals surface area contributed by atoms with Gasteiger partial charge in [-0.2, -0.15) is 0 Å². The van der Waals surface area contributed by atoms with Crippen molar-refractivity contribution in [1.82, 2.24) is 9.29 Å². The van der Waals surface area contributed by atoms with Gasteiger partial charge < -0.3 is 5.32 Å². The normalized spacial score (nSPS) is 16.3. The lowest BCUT2D eigenvalue weighted by Gasteiger charge is -2.30. The number of hydrogen-bond acceptors (Lipinski definition) is 4. The monoisotopic (exact) mass is 373 g/mol. The molecule has 1 aromatic carbocycles. The Morgan fingerprint density at radius 2 is 1.88 bits per heavy atom. The van der Waals surface area contributed by atoms with Crippen molar-refractivity contribution in [3.05, 3.63) is 59.9 Å². The summed E-state index contributed by atoms with van der Waals surface area (Å²) in [5.41, 5.74) is 2.55. The minimum Gasteiger partial charge on any atom is -0.324 e. The van der Waals surface area contributed by atoms with Crippen LogP contribution in [0.25, 0.3) is 0 Å². The van der Waals surface area contributed by atoms with Crippen LogP contribution in [0.2, 0.25) is 0 Å². The van der Waals surface area contributed by atoms with Crippen molar-refractivity contribution in [2.45, 2.75) is 25.5 Å². The minimum absolute atomic E-state index is 0.000171. The van der Waals surface area contributed by atoms with Gasteiger partial charge in [-0.1, -0.05) is 29.8 Å². The number of rotatable bonds is 5.